The van der Waals surface area contributed by atoms with Crippen LogP contribution >= 0.6 is 11.3 Å². The van der Waals surface area contributed by atoms with E-state index in [9.17, 15) is 5.11 Å². The fraction of sp³-hybridized carbons (Fsp3) is 0.429. The molecule has 3 N–H and O–H groups in total. The molecule has 1 aromatic heterocycles. The third-order valence-electron chi connectivity index (χ3n) is 3.50. The Morgan fingerprint density at radius 1 is 1.41 bits per heavy atom. The predicted octanol–water partition coefficient (Wildman–Crippen LogP) is 3.09. The van der Waals surface area contributed by atoms with Gasteiger partial charge in [-0.15, -0.1) is 11.3 Å². The molecule has 0 fully saturated rings. The van der Waals surface area contributed by atoms with Crippen LogP contribution < -0.4 is 5.73 Å². The fourth-order valence-electron chi connectivity index (χ4n) is 2.23. The third-order valence-corrected chi connectivity index (χ3v) is 4.84. The summed E-state index contributed by atoms with van der Waals surface area (Å²) in [4.78, 5) is 1.01. The van der Waals surface area contributed by atoms with E-state index in [0.29, 0.717) is 6.54 Å². The van der Waals surface area contributed by atoms with Gasteiger partial charge in [0.25, 0.3) is 0 Å². The number of rotatable bonds is 4. The first-order chi connectivity index (χ1) is 8.09. The summed E-state index contributed by atoms with van der Waals surface area (Å²) in [5, 5.41) is 11.9. The molecule has 1 aromatic carbocycles. The molecule has 1 heterocycles. The van der Waals surface area contributed by atoms with Gasteiger partial charge in [-0.2, -0.15) is 0 Å². The number of aliphatic hydroxyl groups is 1. The van der Waals surface area contributed by atoms with Crippen LogP contribution in [0.5, 0.6) is 0 Å². The highest BCUT2D eigenvalue weighted by atomic mass is 32.1. The summed E-state index contributed by atoms with van der Waals surface area (Å²) >= 11 is 1.66. The van der Waals surface area contributed by atoms with Crippen LogP contribution in [0.25, 0.3) is 10.1 Å². The van der Waals surface area contributed by atoms with Crippen molar-refractivity contribution < 1.29 is 5.11 Å². The number of nitrogens with two attached hydrogens (primary N) is 1. The summed E-state index contributed by atoms with van der Waals surface area (Å²) < 4.78 is 1.22. The fourth-order valence-corrected chi connectivity index (χ4v) is 3.41. The molecular formula is C14H19NOS. The van der Waals surface area contributed by atoms with Gasteiger partial charge in [-0.3, -0.25) is 0 Å². The Morgan fingerprint density at radius 2 is 2.12 bits per heavy atom. The summed E-state index contributed by atoms with van der Waals surface area (Å²) in [6.07, 6.45) is 0.887. The van der Waals surface area contributed by atoms with Crippen LogP contribution in [0.3, 0.4) is 0 Å². The zero-order valence-corrected chi connectivity index (χ0v) is 11.1. The highest BCUT2D eigenvalue weighted by Crippen LogP contribution is 2.38. The molecule has 0 amide bonds. The predicted molar refractivity (Wildman–Crippen MR) is 74.2 cm³/mol. The summed E-state index contributed by atoms with van der Waals surface area (Å²) in [6, 6.07) is 10.3. The van der Waals surface area contributed by atoms with E-state index in [2.05, 4.69) is 25.1 Å². The van der Waals surface area contributed by atoms with E-state index < -0.39 is 5.60 Å². The first-order valence-electron chi connectivity index (χ1n) is 6.01. The third kappa shape index (κ3) is 2.23. The summed E-state index contributed by atoms with van der Waals surface area (Å²) in [5.74, 6) is 0.107. The van der Waals surface area contributed by atoms with Crippen molar-refractivity contribution in [1.82, 2.24) is 0 Å². The maximum absolute atomic E-state index is 10.7. The molecule has 0 radical (unpaired) electrons. The lowest BCUT2D eigenvalue weighted by molar-refractivity contribution is -0.000502. The van der Waals surface area contributed by atoms with E-state index in [0.717, 1.165) is 11.3 Å². The molecule has 2 atom stereocenters. The van der Waals surface area contributed by atoms with Crippen molar-refractivity contribution in [1.29, 1.82) is 0 Å². The lowest BCUT2D eigenvalue weighted by Gasteiger charge is -2.30. The van der Waals surface area contributed by atoms with E-state index in [4.69, 9.17) is 5.73 Å². The summed E-state index contributed by atoms with van der Waals surface area (Å²) in [7, 11) is 0. The van der Waals surface area contributed by atoms with Crippen LogP contribution in [0.1, 0.15) is 25.1 Å². The maximum Gasteiger partial charge on any atom is 0.1000 e. The maximum atomic E-state index is 10.7. The lowest BCUT2D eigenvalue weighted by atomic mass is 9.85. The van der Waals surface area contributed by atoms with E-state index >= 15 is 0 Å². The van der Waals surface area contributed by atoms with Crippen molar-refractivity contribution in [2.24, 2.45) is 11.7 Å². The quantitative estimate of drug-likeness (QED) is 0.874. The number of benzene rings is 1. The second kappa shape index (κ2) is 4.77. The number of hydrogen-bond donors (Lipinski definition) is 2. The first kappa shape index (κ1) is 12.6. The van der Waals surface area contributed by atoms with E-state index in [-0.39, 0.29) is 5.92 Å². The largest absolute Gasteiger partial charge is 0.384 e. The van der Waals surface area contributed by atoms with Gasteiger partial charge in [0.1, 0.15) is 0 Å². The van der Waals surface area contributed by atoms with Crippen molar-refractivity contribution in [3.05, 3.63) is 35.2 Å². The SMILES string of the molecule is CCC(CN)C(C)(O)c1cc2ccccc2s1. The minimum Gasteiger partial charge on any atom is -0.384 e. The van der Waals surface area contributed by atoms with Crippen LogP contribution in [0.4, 0.5) is 0 Å². The van der Waals surface area contributed by atoms with E-state index in [1.165, 1.54) is 10.1 Å². The van der Waals surface area contributed by atoms with Crippen molar-refractivity contribution in [2.75, 3.05) is 6.54 Å². The van der Waals surface area contributed by atoms with Gasteiger partial charge in [0.2, 0.25) is 0 Å². The number of thiophene rings is 1. The van der Waals surface area contributed by atoms with Crippen molar-refractivity contribution in [3.63, 3.8) is 0 Å². The molecule has 0 aliphatic heterocycles. The lowest BCUT2D eigenvalue weighted by Crippen LogP contribution is -2.35. The molecule has 2 unspecified atom stereocenters. The summed E-state index contributed by atoms with van der Waals surface area (Å²) in [6.45, 7) is 4.45. The molecule has 2 nitrogen and oxygen atoms in total. The molecule has 0 bridgehead atoms. The van der Waals surface area contributed by atoms with Crippen LogP contribution in [-0.4, -0.2) is 11.7 Å². The zero-order valence-electron chi connectivity index (χ0n) is 10.3. The van der Waals surface area contributed by atoms with Crippen LogP contribution in [0.2, 0.25) is 0 Å². The highest BCUT2D eigenvalue weighted by Gasteiger charge is 2.33. The van der Waals surface area contributed by atoms with Gasteiger partial charge >= 0.3 is 0 Å². The Hall–Kier alpha value is -0.900. The zero-order chi connectivity index (χ0) is 12.5. The van der Waals surface area contributed by atoms with Crippen molar-refractivity contribution in [2.45, 2.75) is 25.9 Å². The Labute approximate surface area is 106 Å². The minimum absolute atomic E-state index is 0.107. The van der Waals surface area contributed by atoms with Gasteiger partial charge in [0.15, 0.2) is 0 Å². The van der Waals surface area contributed by atoms with Gasteiger partial charge in [-0.05, 0) is 37.4 Å². The van der Waals surface area contributed by atoms with Gasteiger partial charge < -0.3 is 10.8 Å². The Morgan fingerprint density at radius 3 is 2.71 bits per heavy atom. The van der Waals surface area contributed by atoms with Crippen LogP contribution in [-0.2, 0) is 5.60 Å². The molecule has 2 aromatic rings. The summed E-state index contributed by atoms with van der Waals surface area (Å²) in [5.41, 5.74) is 4.92. The van der Waals surface area contributed by atoms with E-state index in [1.807, 2.05) is 19.1 Å². The smallest absolute Gasteiger partial charge is 0.1000 e. The first-order valence-corrected chi connectivity index (χ1v) is 6.82. The van der Waals surface area contributed by atoms with Gasteiger partial charge in [0.05, 0.1) is 5.60 Å². The normalized spacial score (nSPS) is 16.9. The molecule has 0 saturated carbocycles. The second-order valence-electron chi connectivity index (χ2n) is 4.64. The van der Waals surface area contributed by atoms with Crippen LogP contribution in [0.15, 0.2) is 30.3 Å². The van der Waals surface area contributed by atoms with Crippen molar-refractivity contribution in [3.8, 4) is 0 Å². The molecule has 0 spiro atoms. The molecule has 92 valence electrons. The van der Waals surface area contributed by atoms with Gasteiger partial charge in [0, 0.05) is 15.5 Å². The molecule has 17 heavy (non-hydrogen) atoms. The highest BCUT2D eigenvalue weighted by molar-refractivity contribution is 7.19. The molecule has 2 rings (SSSR count). The average molecular weight is 249 g/mol. The molecule has 0 aliphatic rings. The molecule has 0 saturated heterocycles. The van der Waals surface area contributed by atoms with Gasteiger partial charge in [-0.25, -0.2) is 0 Å². The Bertz CT molecular complexity index is 467. The Kier molecular flexibility index (Phi) is 3.52. The number of hydrogen-bond acceptors (Lipinski definition) is 3. The molecule has 3 heteroatoms. The molecule has 0 aliphatic carbocycles. The minimum atomic E-state index is -0.826. The van der Waals surface area contributed by atoms with Crippen molar-refractivity contribution >= 4 is 21.4 Å². The Balaban J connectivity index is 2.44. The monoisotopic (exact) mass is 249 g/mol. The van der Waals surface area contributed by atoms with E-state index in [1.54, 1.807) is 11.3 Å². The second-order valence-corrected chi connectivity index (χ2v) is 5.72. The average Bonchev–Trinajstić information content (AvgIpc) is 2.74. The topological polar surface area (TPSA) is 46.2 Å². The van der Waals surface area contributed by atoms with Crippen LogP contribution in [0, 0.1) is 5.92 Å². The standard InChI is InChI=1S/C14H19NOS/c1-3-11(9-15)14(2,16)13-8-10-6-4-5-7-12(10)17-13/h4-8,11,16H,3,9,15H2,1-2H3. The van der Waals surface area contributed by atoms with Gasteiger partial charge in [-0.1, -0.05) is 25.1 Å². The molecular weight excluding hydrogens is 230 g/mol. The number of fused-ring (bicyclic) bond motifs is 1.